The Morgan fingerprint density at radius 3 is 2.62 bits per heavy atom. The molecule has 0 bridgehead atoms. The molecule has 1 atom stereocenters. The number of benzene rings is 1. The molecule has 1 aliphatic carbocycles. The summed E-state index contributed by atoms with van der Waals surface area (Å²) < 4.78 is 20.3. The van der Waals surface area contributed by atoms with Crippen molar-refractivity contribution in [2.24, 2.45) is 5.73 Å². The minimum absolute atomic E-state index is 0.0737. The number of aromatic nitrogens is 4. The van der Waals surface area contributed by atoms with Crippen molar-refractivity contribution in [3.8, 4) is 22.9 Å². The molecule has 3 aliphatic rings. The van der Waals surface area contributed by atoms with Gasteiger partial charge in [-0.05, 0) is 29.7 Å². The first kappa shape index (κ1) is 19.2. The first-order chi connectivity index (χ1) is 15.6. The zero-order valence-corrected chi connectivity index (χ0v) is 17.7. The lowest BCUT2D eigenvalue weighted by Crippen LogP contribution is -2.27. The van der Waals surface area contributed by atoms with Crippen molar-refractivity contribution < 1.29 is 9.13 Å². The Kier molecular flexibility index (Phi) is 4.35. The maximum Gasteiger partial charge on any atom is 0.324 e. The smallest absolute Gasteiger partial charge is 0.324 e. The van der Waals surface area contributed by atoms with Crippen LogP contribution in [0.3, 0.4) is 0 Å². The van der Waals surface area contributed by atoms with Crippen LogP contribution in [0, 0.1) is 5.82 Å². The van der Waals surface area contributed by atoms with Gasteiger partial charge >= 0.3 is 6.01 Å². The van der Waals surface area contributed by atoms with Crippen molar-refractivity contribution in [3.05, 3.63) is 41.6 Å². The number of hydrogen-bond acceptors (Lipinski definition) is 9. The third-order valence-electron chi connectivity index (χ3n) is 6.12. The summed E-state index contributed by atoms with van der Waals surface area (Å²) in [6.07, 6.45) is 4.70. The Balaban J connectivity index is 1.41. The molecule has 0 unspecified atom stereocenters. The van der Waals surface area contributed by atoms with Crippen LogP contribution >= 0.6 is 0 Å². The minimum atomic E-state index is -0.297. The maximum atomic E-state index is 14.4. The van der Waals surface area contributed by atoms with E-state index >= 15 is 0 Å². The lowest BCUT2D eigenvalue weighted by atomic mass is 10.0. The van der Waals surface area contributed by atoms with Gasteiger partial charge in [-0.3, -0.25) is 0 Å². The fraction of sp³-hybridized carbons (Fsp3) is 0.364. The monoisotopic (exact) mass is 434 g/mol. The summed E-state index contributed by atoms with van der Waals surface area (Å²) in [4.78, 5) is 22.3. The van der Waals surface area contributed by atoms with Crippen LogP contribution in [0.2, 0.25) is 0 Å². The van der Waals surface area contributed by atoms with Crippen LogP contribution in [-0.2, 0) is 6.42 Å². The molecule has 3 N–H and O–H groups in total. The Hall–Kier alpha value is -3.53. The molecule has 9 nitrogen and oxygen atoms in total. The van der Waals surface area contributed by atoms with Crippen molar-refractivity contribution in [2.75, 3.05) is 48.3 Å². The molecular formula is C22H23FN8O. The third-order valence-corrected chi connectivity index (χ3v) is 6.12. The molecule has 32 heavy (non-hydrogen) atoms. The van der Waals surface area contributed by atoms with Gasteiger partial charge in [0.15, 0.2) is 5.75 Å². The van der Waals surface area contributed by atoms with E-state index in [0.717, 1.165) is 59.9 Å². The topological polar surface area (TPSA) is 105 Å². The van der Waals surface area contributed by atoms with Gasteiger partial charge in [-0.25, -0.2) is 14.4 Å². The number of hydrogen-bond donors (Lipinski definition) is 2. The number of anilines is 3. The van der Waals surface area contributed by atoms with E-state index in [-0.39, 0.29) is 17.9 Å². The predicted octanol–water partition coefficient (Wildman–Crippen LogP) is 2.17. The van der Waals surface area contributed by atoms with Crippen LogP contribution in [0.1, 0.15) is 17.7 Å². The van der Waals surface area contributed by atoms with E-state index in [0.29, 0.717) is 24.7 Å². The number of ether oxygens (including phenoxy) is 1. The van der Waals surface area contributed by atoms with Crippen LogP contribution in [0.5, 0.6) is 11.8 Å². The van der Waals surface area contributed by atoms with Crippen molar-refractivity contribution in [3.63, 3.8) is 0 Å². The normalized spacial score (nSPS) is 18.5. The molecule has 3 aromatic rings. The van der Waals surface area contributed by atoms with Gasteiger partial charge in [-0.1, -0.05) is 0 Å². The molecule has 0 saturated carbocycles. The van der Waals surface area contributed by atoms with Gasteiger partial charge in [0.2, 0.25) is 5.95 Å². The fourth-order valence-corrected chi connectivity index (χ4v) is 4.45. The van der Waals surface area contributed by atoms with Crippen LogP contribution in [0.4, 0.5) is 21.8 Å². The van der Waals surface area contributed by atoms with E-state index in [4.69, 9.17) is 15.5 Å². The van der Waals surface area contributed by atoms with Gasteiger partial charge < -0.3 is 25.6 Å². The van der Waals surface area contributed by atoms with Gasteiger partial charge in [0, 0.05) is 56.9 Å². The number of fused-ring (bicyclic) bond motifs is 3. The van der Waals surface area contributed by atoms with Gasteiger partial charge in [0.1, 0.15) is 11.6 Å². The second-order valence-corrected chi connectivity index (χ2v) is 8.36. The summed E-state index contributed by atoms with van der Waals surface area (Å²) in [5.74, 6) is 1.59. The van der Waals surface area contributed by atoms with Crippen molar-refractivity contribution in [1.29, 1.82) is 0 Å². The number of nitrogens with two attached hydrogens (primary N) is 1. The lowest BCUT2D eigenvalue weighted by Gasteiger charge is -2.21. The summed E-state index contributed by atoms with van der Waals surface area (Å²) in [5.41, 5.74) is 10.4. The molecular weight excluding hydrogens is 411 g/mol. The predicted molar refractivity (Wildman–Crippen MR) is 119 cm³/mol. The first-order valence-electron chi connectivity index (χ1n) is 10.8. The first-order valence-corrected chi connectivity index (χ1v) is 10.8. The molecule has 1 aromatic carbocycles. The Bertz CT molecular complexity index is 1200. The van der Waals surface area contributed by atoms with Crippen LogP contribution < -0.4 is 25.6 Å². The highest BCUT2D eigenvalue weighted by molar-refractivity contribution is 5.88. The second kappa shape index (κ2) is 7.27. The van der Waals surface area contributed by atoms with Gasteiger partial charge in [-0.2, -0.15) is 9.97 Å². The summed E-state index contributed by atoms with van der Waals surface area (Å²) >= 11 is 0. The summed E-state index contributed by atoms with van der Waals surface area (Å²) in [7, 11) is 1.79. The SMILES string of the molecule is CNc1cc(F)cc2c1Cc1nc(Oc3cnc(N4CC4)nc3)nc(N3CC[C@H](N)C3)c1-2. The average molecular weight is 434 g/mol. The highest BCUT2D eigenvalue weighted by Crippen LogP contribution is 2.45. The Morgan fingerprint density at radius 1 is 1.12 bits per heavy atom. The Labute approximate surface area is 184 Å². The molecule has 2 saturated heterocycles. The highest BCUT2D eigenvalue weighted by Gasteiger charge is 2.32. The highest BCUT2D eigenvalue weighted by atomic mass is 19.1. The van der Waals surface area contributed by atoms with Crippen molar-refractivity contribution in [2.45, 2.75) is 18.9 Å². The van der Waals surface area contributed by atoms with E-state index in [9.17, 15) is 4.39 Å². The average Bonchev–Trinajstić information content (AvgIpc) is 3.45. The second-order valence-electron chi connectivity index (χ2n) is 8.36. The molecule has 6 rings (SSSR count). The van der Waals surface area contributed by atoms with Crippen molar-refractivity contribution >= 4 is 17.5 Å². The van der Waals surface area contributed by atoms with Crippen molar-refractivity contribution in [1.82, 2.24) is 19.9 Å². The molecule has 0 spiro atoms. The molecule has 164 valence electrons. The van der Waals surface area contributed by atoms with E-state index in [1.54, 1.807) is 25.5 Å². The van der Waals surface area contributed by atoms with Crippen LogP contribution in [-0.4, -0.2) is 59.2 Å². The summed E-state index contributed by atoms with van der Waals surface area (Å²) in [6, 6.07) is 3.37. The summed E-state index contributed by atoms with van der Waals surface area (Å²) in [6.45, 7) is 3.41. The Morgan fingerprint density at radius 2 is 1.94 bits per heavy atom. The lowest BCUT2D eigenvalue weighted by molar-refractivity contribution is 0.436. The number of nitrogens with zero attached hydrogens (tertiary/aromatic N) is 6. The van der Waals surface area contributed by atoms with E-state index in [2.05, 4.69) is 30.1 Å². The quantitative estimate of drug-likeness (QED) is 0.457. The van der Waals surface area contributed by atoms with Crippen LogP contribution in [0.15, 0.2) is 24.5 Å². The van der Waals surface area contributed by atoms with Gasteiger partial charge in [0.05, 0.1) is 18.1 Å². The minimum Gasteiger partial charge on any atom is -0.421 e. The van der Waals surface area contributed by atoms with E-state index < -0.39 is 0 Å². The number of nitrogens with one attached hydrogen (secondary N) is 1. The van der Waals surface area contributed by atoms with Gasteiger partial charge in [0.25, 0.3) is 0 Å². The molecule has 2 fully saturated rings. The summed E-state index contributed by atoms with van der Waals surface area (Å²) in [5, 5.41) is 3.10. The zero-order chi connectivity index (χ0) is 21.8. The zero-order valence-electron chi connectivity index (χ0n) is 17.7. The maximum absolute atomic E-state index is 14.4. The van der Waals surface area contributed by atoms with E-state index in [1.807, 2.05) is 0 Å². The molecule has 0 amide bonds. The molecule has 2 aliphatic heterocycles. The van der Waals surface area contributed by atoms with Crippen LogP contribution in [0.25, 0.3) is 11.1 Å². The fourth-order valence-electron chi connectivity index (χ4n) is 4.45. The molecule has 0 radical (unpaired) electrons. The van der Waals surface area contributed by atoms with Gasteiger partial charge in [-0.15, -0.1) is 0 Å². The molecule has 4 heterocycles. The number of halogens is 1. The van der Waals surface area contributed by atoms with E-state index in [1.165, 1.54) is 6.07 Å². The third kappa shape index (κ3) is 3.27. The molecule has 10 heteroatoms. The molecule has 2 aromatic heterocycles. The largest absolute Gasteiger partial charge is 0.421 e. The number of rotatable bonds is 5. The standard InChI is InChI=1S/C22H23FN8O/c1-25-17-7-12(23)6-16-15(17)8-18-19(16)20(31-3-2-13(24)11-31)29-22(28-18)32-14-9-26-21(27-10-14)30-4-5-30/h6-7,9-10,13,25H,2-5,8,11,24H2,1H3/t13-/m0/s1.